The highest BCUT2D eigenvalue weighted by atomic mass is 32.1. The molecule has 0 saturated heterocycles. The first-order chi connectivity index (χ1) is 27.5. The SMILES string of the molecule is Cc1cc2c3c(c1)N(c1ccc(C(C)(C)C)cc1)c1cc4c(cc1B3C=C(c1cc3c(cc1S)C(C)(C)CCC3(C)C)N2c1ccc(F)cc1F)C(C)(C)CCC4(C)C. The summed E-state index contributed by atoms with van der Waals surface area (Å²) in [6.45, 7) is 27.7. The summed E-state index contributed by atoms with van der Waals surface area (Å²) in [5.74, 6) is 1.16. The molecule has 304 valence electrons. The van der Waals surface area contributed by atoms with E-state index < -0.39 is 11.6 Å². The van der Waals surface area contributed by atoms with Crippen LogP contribution >= 0.6 is 12.6 Å². The number of fused-ring (bicyclic) bond motifs is 4. The molecule has 59 heavy (non-hydrogen) atoms. The lowest BCUT2D eigenvalue weighted by atomic mass is 9.36. The number of hydrogen-bond donors (Lipinski definition) is 1. The Kier molecular flexibility index (Phi) is 8.92. The minimum absolute atomic E-state index is 0.000298. The standard InChI is InChI=1S/C53H59BF2N2S/c1-31-23-44-48-45(24-31)58(42-18-15-33(55)25-41(42)56)46(35-26-36-39(29-47(35)59)53(11,12)22-19-50(36,5)6)30-54(48)40-27-37-38(52(9,10)21-20-51(37,7)8)28-43(40)57(44)34-16-13-32(14-17-34)49(2,3)4/h13-18,23-30,59H,19-22H2,1-12H3. The Labute approximate surface area is 357 Å². The summed E-state index contributed by atoms with van der Waals surface area (Å²) < 4.78 is 31.3. The highest BCUT2D eigenvalue weighted by molar-refractivity contribution is 7.80. The van der Waals surface area contributed by atoms with Crippen LogP contribution in [0.3, 0.4) is 0 Å². The van der Waals surface area contributed by atoms with Crippen molar-refractivity contribution in [3.63, 3.8) is 0 Å². The third-order valence-corrected chi connectivity index (χ3v) is 15.0. The molecule has 0 radical (unpaired) electrons. The number of hydrogen-bond acceptors (Lipinski definition) is 3. The largest absolute Gasteiger partial charge is 0.311 e. The van der Waals surface area contributed by atoms with Crippen LogP contribution in [0.25, 0.3) is 5.70 Å². The fourth-order valence-electron chi connectivity index (χ4n) is 10.7. The van der Waals surface area contributed by atoms with Crippen LogP contribution in [0.2, 0.25) is 0 Å². The fourth-order valence-corrected chi connectivity index (χ4v) is 11.0. The second-order valence-corrected chi connectivity index (χ2v) is 22.2. The van der Waals surface area contributed by atoms with Gasteiger partial charge < -0.3 is 9.80 Å². The van der Waals surface area contributed by atoms with Crippen LogP contribution in [-0.2, 0) is 27.1 Å². The summed E-state index contributed by atoms with van der Waals surface area (Å²) in [7, 11) is 0. The summed E-state index contributed by atoms with van der Waals surface area (Å²) in [5.41, 5.74) is 16.5. The maximum atomic E-state index is 16.5. The van der Waals surface area contributed by atoms with Crippen molar-refractivity contribution >= 4 is 64.4 Å². The molecule has 2 heterocycles. The van der Waals surface area contributed by atoms with E-state index in [0.717, 1.165) is 76.0 Å². The lowest BCUT2D eigenvalue weighted by molar-refractivity contribution is 0.331. The molecule has 0 bridgehead atoms. The van der Waals surface area contributed by atoms with Gasteiger partial charge in [-0.1, -0.05) is 100 Å². The Bertz CT molecular complexity index is 2610. The van der Waals surface area contributed by atoms with Gasteiger partial charge in [0, 0.05) is 45.0 Å². The number of nitrogens with zero attached hydrogens (tertiary/aromatic N) is 2. The molecule has 9 rings (SSSR count). The van der Waals surface area contributed by atoms with Gasteiger partial charge >= 0.3 is 0 Å². The van der Waals surface area contributed by atoms with Gasteiger partial charge in [-0.05, 0) is 159 Å². The number of benzene rings is 5. The van der Waals surface area contributed by atoms with E-state index in [2.05, 4.69) is 160 Å². The van der Waals surface area contributed by atoms with Crippen LogP contribution in [-0.4, -0.2) is 6.71 Å². The van der Waals surface area contributed by atoms with E-state index in [0.29, 0.717) is 5.69 Å². The van der Waals surface area contributed by atoms with Crippen molar-refractivity contribution in [2.24, 2.45) is 0 Å². The molecule has 4 aliphatic rings. The lowest BCUT2D eigenvalue weighted by Gasteiger charge is -2.47. The van der Waals surface area contributed by atoms with Crippen molar-refractivity contribution in [2.45, 2.75) is 141 Å². The van der Waals surface area contributed by atoms with Crippen LogP contribution in [0.4, 0.5) is 37.2 Å². The first-order valence-electron chi connectivity index (χ1n) is 21.6. The summed E-state index contributed by atoms with van der Waals surface area (Å²) in [5, 5.41) is 0. The Morgan fingerprint density at radius 2 is 1.12 bits per heavy atom. The monoisotopic (exact) mass is 804 g/mol. The van der Waals surface area contributed by atoms with Crippen LogP contribution < -0.4 is 20.7 Å². The molecular formula is C53H59BF2N2S. The zero-order chi connectivity index (χ0) is 42.4. The van der Waals surface area contributed by atoms with Gasteiger partial charge in [0.05, 0.1) is 5.69 Å². The summed E-state index contributed by atoms with van der Waals surface area (Å²) in [6.07, 6.45) is 4.39. The molecule has 6 heteroatoms. The van der Waals surface area contributed by atoms with Crippen LogP contribution in [0, 0.1) is 18.6 Å². The number of anilines is 5. The van der Waals surface area contributed by atoms with Crippen molar-refractivity contribution in [3.05, 3.63) is 135 Å². The third-order valence-electron chi connectivity index (χ3n) is 14.6. The smallest absolute Gasteiger partial charge is 0.244 e. The van der Waals surface area contributed by atoms with Crippen LogP contribution in [0.1, 0.15) is 141 Å². The normalized spacial score (nSPS) is 19.4. The molecule has 0 fully saturated rings. The number of rotatable bonds is 3. The molecule has 0 saturated carbocycles. The molecule has 5 aromatic rings. The van der Waals surface area contributed by atoms with Gasteiger partial charge in [0.1, 0.15) is 11.6 Å². The van der Waals surface area contributed by atoms with Crippen molar-refractivity contribution in [1.29, 1.82) is 0 Å². The zero-order valence-corrected chi connectivity index (χ0v) is 38.0. The molecule has 0 aromatic heterocycles. The molecule has 2 nitrogen and oxygen atoms in total. The van der Waals surface area contributed by atoms with Gasteiger partial charge in [-0.3, -0.25) is 0 Å². The third kappa shape index (κ3) is 6.32. The van der Waals surface area contributed by atoms with E-state index >= 15 is 4.39 Å². The van der Waals surface area contributed by atoms with Gasteiger partial charge in [-0.2, -0.15) is 0 Å². The highest BCUT2D eigenvalue weighted by Crippen LogP contribution is 2.53. The topological polar surface area (TPSA) is 6.48 Å². The Balaban J connectivity index is 1.39. The fraction of sp³-hybridized carbons (Fsp3) is 0.396. The van der Waals surface area contributed by atoms with Crippen molar-refractivity contribution in [3.8, 4) is 0 Å². The highest BCUT2D eigenvalue weighted by Gasteiger charge is 2.46. The van der Waals surface area contributed by atoms with E-state index in [-0.39, 0.29) is 33.8 Å². The first-order valence-corrected chi connectivity index (χ1v) is 22.0. The predicted octanol–water partition coefficient (Wildman–Crippen LogP) is 13.7. The van der Waals surface area contributed by atoms with Crippen LogP contribution in [0.5, 0.6) is 0 Å². The summed E-state index contributed by atoms with van der Waals surface area (Å²) in [4.78, 5) is 5.36. The molecule has 0 amide bonds. The van der Waals surface area contributed by atoms with E-state index in [9.17, 15) is 4.39 Å². The van der Waals surface area contributed by atoms with Crippen molar-refractivity contribution in [2.75, 3.05) is 9.80 Å². The molecule has 0 N–H and O–H groups in total. The molecule has 2 aliphatic heterocycles. The minimum atomic E-state index is -0.603. The molecule has 5 aromatic carbocycles. The van der Waals surface area contributed by atoms with Crippen molar-refractivity contribution in [1.82, 2.24) is 0 Å². The molecule has 2 aliphatic carbocycles. The van der Waals surface area contributed by atoms with Crippen molar-refractivity contribution < 1.29 is 8.78 Å². The van der Waals surface area contributed by atoms with E-state index in [4.69, 9.17) is 12.6 Å². The Morgan fingerprint density at radius 1 is 0.593 bits per heavy atom. The van der Waals surface area contributed by atoms with Gasteiger partial charge in [0.15, 0.2) is 0 Å². The van der Waals surface area contributed by atoms with E-state index in [1.165, 1.54) is 45.0 Å². The first kappa shape index (κ1) is 40.1. The lowest BCUT2D eigenvalue weighted by Crippen LogP contribution is -2.54. The zero-order valence-electron chi connectivity index (χ0n) is 37.1. The van der Waals surface area contributed by atoms with Gasteiger partial charge in [0.25, 0.3) is 0 Å². The average molecular weight is 805 g/mol. The van der Waals surface area contributed by atoms with E-state index in [1.54, 1.807) is 6.07 Å². The average Bonchev–Trinajstić information content (AvgIpc) is 3.15. The van der Waals surface area contributed by atoms with Gasteiger partial charge in [-0.25, -0.2) is 8.78 Å². The molecule has 0 spiro atoms. The second-order valence-electron chi connectivity index (χ2n) is 21.7. The molecular weight excluding hydrogens is 745 g/mol. The molecule has 0 unspecified atom stereocenters. The minimum Gasteiger partial charge on any atom is -0.311 e. The summed E-state index contributed by atoms with van der Waals surface area (Å²) in [6, 6.07) is 27.2. The molecule has 0 atom stereocenters. The predicted molar refractivity (Wildman–Crippen MR) is 250 cm³/mol. The quantitative estimate of drug-likeness (QED) is 0.143. The van der Waals surface area contributed by atoms with Crippen LogP contribution in [0.15, 0.2) is 89.7 Å². The Morgan fingerprint density at radius 3 is 1.68 bits per heavy atom. The number of thiol groups is 1. The Hall–Kier alpha value is -4.29. The van der Waals surface area contributed by atoms with E-state index in [1.807, 2.05) is 0 Å². The maximum absolute atomic E-state index is 16.5. The van der Waals surface area contributed by atoms with Gasteiger partial charge in [0.2, 0.25) is 6.71 Å². The number of halogens is 2. The second kappa shape index (κ2) is 13.1. The number of aryl methyl sites for hydroxylation is 1. The van der Waals surface area contributed by atoms with Gasteiger partial charge in [-0.15, -0.1) is 12.6 Å². The maximum Gasteiger partial charge on any atom is 0.244 e. The summed E-state index contributed by atoms with van der Waals surface area (Å²) >= 11 is 5.28.